The van der Waals surface area contributed by atoms with Gasteiger partial charge in [0.05, 0.1) is 23.7 Å². The highest BCUT2D eigenvalue weighted by Crippen LogP contribution is 2.13. The van der Waals surface area contributed by atoms with Gasteiger partial charge in [0.2, 0.25) is 11.8 Å². The van der Waals surface area contributed by atoms with Crippen LogP contribution < -0.4 is 21.7 Å². The van der Waals surface area contributed by atoms with Crippen molar-refractivity contribution in [1.29, 1.82) is 0 Å². The molecule has 0 saturated carbocycles. The number of aromatic nitrogens is 2. The fraction of sp³-hybridized carbons (Fsp3) is 0.323. The lowest BCUT2D eigenvalue weighted by atomic mass is 9.95. The minimum Gasteiger partial charge on any atom is -0.389 e. The van der Waals surface area contributed by atoms with Crippen LogP contribution >= 0.6 is 11.6 Å². The van der Waals surface area contributed by atoms with Crippen molar-refractivity contribution >= 4 is 34.4 Å². The molecule has 7 N–H and O–H groups in total. The van der Waals surface area contributed by atoms with E-state index in [0.717, 1.165) is 22.2 Å². The predicted molar refractivity (Wildman–Crippen MR) is 161 cm³/mol. The van der Waals surface area contributed by atoms with Gasteiger partial charge in [0.25, 0.3) is 0 Å². The molecule has 0 spiro atoms. The number of hydrogen-bond donors (Lipinski definition) is 6. The minimum absolute atomic E-state index is 0.176. The first-order valence-electron chi connectivity index (χ1n) is 13.7. The molecule has 216 valence electrons. The molecule has 4 aromatic rings. The zero-order chi connectivity index (χ0) is 29.4. The van der Waals surface area contributed by atoms with Crippen molar-refractivity contribution in [2.75, 3.05) is 0 Å². The number of H-pyrrole nitrogens is 1. The second-order valence-electron chi connectivity index (χ2n) is 10.5. The van der Waals surface area contributed by atoms with Gasteiger partial charge in [-0.15, -0.1) is 0 Å². The maximum Gasteiger partial charge on any atom is 0.243 e. The molecule has 0 aliphatic carbocycles. The third-order valence-electron chi connectivity index (χ3n) is 6.93. The molecule has 4 atom stereocenters. The normalized spacial score (nSPS) is 14.4. The van der Waals surface area contributed by atoms with Crippen molar-refractivity contribution in [3.8, 4) is 0 Å². The van der Waals surface area contributed by atoms with E-state index in [1.807, 2.05) is 80.6 Å². The number of rotatable bonds is 13. The maximum atomic E-state index is 13.6. The molecule has 0 aliphatic rings. The molecule has 10 heteroatoms. The number of hydrogen-bond acceptors (Lipinski definition) is 6. The number of nitrogens with two attached hydrogens (primary N) is 1. The number of aliphatic hydroxyl groups excluding tert-OH is 1. The molecule has 0 fully saturated rings. The Kier molecular flexibility index (Phi) is 10.5. The number of fused-ring (bicyclic) bond motifs is 1. The maximum absolute atomic E-state index is 13.6. The van der Waals surface area contributed by atoms with E-state index < -0.39 is 30.1 Å². The summed E-state index contributed by atoms with van der Waals surface area (Å²) in [5, 5.41) is 20.7. The zero-order valence-electron chi connectivity index (χ0n) is 23.2. The number of carbonyl (C=O) groups excluding carboxylic acids is 2. The molecule has 0 bridgehead atoms. The van der Waals surface area contributed by atoms with Crippen LogP contribution in [0.1, 0.15) is 30.8 Å². The van der Waals surface area contributed by atoms with E-state index in [4.69, 9.17) is 17.3 Å². The number of nitrogens with zero attached hydrogens (tertiary/aromatic N) is 1. The lowest BCUT2D eigenvalue weighted by Crippen LogP contribution is -2.60. The summed E-state index contributed by atoms with van der Waals surface area (Å²) in [5.74, 6) is -0.485. The second kappa shape index (κ2) is 14.2. The molecular weight excluding hydrogens is 540 g/mol. The van der Waals surface area contributed by atoms with Crippen molar-refractivity contribution in [1.82, 2.24) is 25.9 Å². The van der Waals surface area contributed by atoms with Crippen molar-refractivity contribution in [2.24, 2.45) is 11.7 Å². The van der Waals surface area contributed by atoms with Crippen molar-refractivity contribution in [3.05, 3.63) is 101 Å². The van der Waals surface area contributed by atoms with Gasteiger partial charge >= 0.3 is 0 Å². The largest absolute Gasteiger partial charge is 0.389 e. The summed E-state index contributed by atoms with van der Waals surface area (Å²) in [5.41, 5.74) is 9.90. The van der Waals surface area contributed by atoms with Crippen molar-refractivity contribution < 1.29 is 14.7 Å². The Balaban J connectivity index is 1.45. The molecule has 0 saturated heterocycles. The van der Waals surface area contributed by atoms with Gasteiger partial charge in [-0.25, -0.2) is 4.98 Å². The number of amides is 2. The van der Waals surface area contributed by atoms with Crippen molar-refractivity contribution in [3.63, 3.8) is 0 Å². The third-order valence-corrected chi connectivity index (χ3v) is 7.18. The zero-order valence-corrected chi connectivity index (χ0v) is 23.9. The van der Waals surface area contributed by atoms with Crippen LogP contribution in [0.4, 0.5) is 0 Å². The molecule has 2 amide bonds. The Bertz CT molecular complexity index is 1390. The Morgan fingerprint density at radius 3 is 2.27 bits per heavy atom. The fourth-order valence-electron chi connectivity index (χ4n) is 4.60. The average Bonchev–Trinajstić information content (AvgIpc) is 3.39. The van der Waals surface area contributed by atoms with E-state index in [1.54, 1.807) is 12.1 Å². The number of para-hydroxylation sites is 2. The second-order valence-corrected chi connectivity index (χ2v) is 10.9. The van der Waals surface area contributed by atoms with E-state index in [0.29, 0.717) is 17.3 Å². The first-order valence-corrected chi connectivity index (χ1v) is 14.1. The summed E-state index contributed by atoms with van der Waals surface area (Å²) in [6.07, 6.45) is -0.853. The third kappa shape index (κ3) is 8.37. The molecule has 41 heavy (non-hydrogen) atoms. The predicted octanol–water partition coefficient (Wildman–Crippen LogP) is 3.06. The fourth-order valence-corrected chi connectivity index (χ4v) is 4.73. The van der Waals surface area contributed by atoms with Crippen LogP contribution in [0, 0.1) is 5.92 Å². The van der Waals surface area contributed by atoms with E-state index in [9.17, 15) is 14.7 Å². The van der Waals surface area contributed by atoms with Crippen LogP contribution in [0.25, 0.3) is 11.0 Å². The Labute approximate surface area is 244 Å². The summed E-state index contributed by atoms with van der Waals surface area (Å²) in [4.78, 5) is 34.5. The Hall–Kier alpha value is -3.76. The van der Waals surface area contributed by atoms with E-state index in [1.165, 1.54) is 0 Å². The van der Waals surface area contributed by atoms with Crippen molar-refractivity contribution in [2.45, 2.75) is 57.6 Å². The first kappa shape index (κ1) is 30.2. The number of aliphatic hydroxyl groups is 1. The lowest BCUT2D eigenvalue weighted by Gasteiger charge is -2.30. The Morgan fingerprint density at radius 1 is 0.902 bits per heavy atom. The van der Waals surface area contributed by atoms with Crippen LogP contribution in [0.3, 0.4) is 0 Å². The molecule has 0 unspecified atom stereocenters. The van der Waals surface area contributed by atoms with Gasteiger partial charge < -0.3 is 26.5 Å². The summed E-state index contributed by atoms with van der Waals surface area (Å²) in [6.45, 7) is 4.16. The minimum atomic E-state index is -1.23. The summed E-state index contributed by atoms with van der Waals surface area (Å²) >= 11 is 6.01. The topological polar surface area (TPSA) is 145 Å². The van der Waals surface area contributed by atoms with Crippen LogP contribution in [0.5, 0.6) is 0 Å². The van der Waals surface area contributed by atoms with Gasteiger partial charge in [0.1, 0.15) is 17.9 Å². The van der Waals surface area contributed by atoms with Gasteiger partial charge in [-0.1, -0.05) is 80.0 Å². The smallest absolute Gasteiger partial charge is 0.243 e. The molecule has 9 nitrogen and oxygen atoms in total. The number of carbonyl (C=O) groups is 2. The molecule has 1 aromatic heterocycles. The SMILES string of the molecule is CC(C)[C@H](NC(=O)[C@H](NCc1ccc(Cl)cc1)[C@H](O)[C@@H](N)Cc1ccccc1)C(=O)NCc1nc2ccccc2[nH]1. The summed E-state index contributed by atoms with van der Waals surface area (Å²) in [6, 6.07) is 21.7. The van der Waals surface area contributed by atoms with Gasteiger partial charge in [0.15, 0.2) is 0 Å². The number of aromatic amines is 1. The van der Waals surface area contributed by atoms with Crippen LogP contribution in [0.2, 0.25) is 5.02 Å². The number of halogens is 1. The van der Waals surface area contributed by atoms with Gasteiger partial charge in [-0.2, -0.15) is 0 Å². The molecule has 0 aliphatic heterocycles. The van der Waals surface area contributed by atoms with Crippen LogP contribution in [-0.2, 0) is 29.1 Å². The molecular formula is C31H37ClN6O3. The standard InChI is InChI=1S/C31H37ClN6O3/c1-19(2)27(30(40)35-18-26-36-24-10-6-7-11-25(24)37-26)38-31(41)28(34-17-21-12-14-22(32)15-13-21)29(39)23(33)16-20-8-4-3-5-9-20/h3-15,19,23,27-29,34,39H,16-18,33H2,1-2H3,(H,35,40)(H,36,37)(H,38,41)/t23-,27-,28+,29+/m0/s1. The van der Waals surface area contributed by atoms with Gasteiger partial charge in [0, 0.05) is 17.6 Å². The monoisotopic (exact) mass is 576 g/mol. The van der Waals surface area contributed by atoms with Crippen LogP contribution in [-0.4, -0.2) is 51.1 Å². The van der Waals surface area contributed by atoms with E-state index in [-0.39, 0.29) is 24.9 Å². The van der Waals surface area contributed by atoms with Gasteiger partial charge in [-0.3, -0.25) is 14.9 Å². The van der Waals surface area contributed by atoms with Crippen LogP contribution in [0.15, 0.2) is 78.9 Å². The number of nitrogens with one attached hydrogen (secondary N) is 4. The average molecular weight is 577 g/mol. The summed E-state index contributed by atoms with van der Waals surface area (Å²) < 4.78 is 0. The lowest BCUT2D eigenvalue weighted by molar-refractivity contribution is -0.133. The summed E-state index contributed by atoms with van der Waals surface area (Å²) in [7, 11) is 0. The highest BCUT2D eigenvalue weighted by molar-refractivity contribution is 6.30. The Morgan fingerprint density at radius 2 is 1.59 bits per heavy atom. The molecule has 4 rings (SSSR count). The highest BCUT2D eigenvalue weighted by Gasteiger charge is 2.34. The molecule has 3 aromatic carbocycles. The van der Waals surface area contributed by atoms with Gasteiger partial charge in [-0.05, 0) is 47.7 Å². The quantitative estimate of drug-likeness (QED) is 0.144. The number of benzene rings is 3. The number of imidazole rings is 1. The molecule has 0 radical (unpaired) electrons. The van der Waals surface area contributed by atoms with E-state index >= 15 is 0 Å². The molecule has 1 heterocycles. The van der Waals surface area contributed by atoms with E-state index in [2.05, 4.69) is 25.9 Å². The first-order chi connectivity index (χ1) is 19.7. The highest BCUT2D eigenvalue weighted by atomic mass is 35.5.